The molecule has 0 N–H and O–H groups in total. The molecule has 10 heavy (non-hydrogen) atoms. The van der Waals surface area contributed by atoms with E-state index in [9.17, 15) is 4.39 Å². The normalized spacial score (nSPS) is 31.7. The van der Waals surface area contributed by atoms with Gasteiger partial charge in [-0.1, -0.05) is 6.08 Å². The number of ether oxygens (including phenoxy) is 1. The van der Waals surface area contributed by atoms with Crippen molar-refractivity contribution in [3.8, 4) is 0 Å². The second-order valence-corrected chi connectivity index (χ2v) is 3.19. The van der Waals surface area contributed by atoms with E-state index in [2.05, 4.69) is 25.7 Å². The number of hydrogen-bond acceptors (Lipinski definition) is 2. The Bertz CT molecular complexity index is 188. The van der Waals surface area contributed by atoms with Crippen molar-refractivity contribution in [3.63, 3.8) is 0 Å². The van der Waals surface area contributed by atoms with Crippen LogP contribution >= 0.6 is 15.9 Å². The summed E-state index contributed by atoms with van der Waals surface area (Å²) in [6, 6.07) is 0. The Balaban J connectivity index is 2.81. The molecule has 1 aliphatic heterocycles. The van der Waals surface area contributed by atoms with Crippen molar-refractivity contribution < 1.29 is 9.13 Å². The first kappa shape index (κ1) is 7.72. The van der Waals surface area contributed by atoms with Crippen LogP contribution < -0.4 is 0 Å². The second-order valence-electron chi connectivity index (χ2n) is 1.93. The van der Waals surface area contributed by atoms with Gasteiger partial charge in [-0.2, -0.15) is 0 Å². The van der Waals surface area contributed by atoms with Crippen LogP contribution in [-0.4, -0.2) is 17.6 Å². The molecule has 0 spiro atoms. The number of nitrogens with zero attached hydrogens (tertiary/aromatic N) is 1. The number of rotatable bonds is 0. The predicted octanol–water partition coefficient (Wildman–Crippen LogP) is 2.01. The summed E-state index contributed by atoms with van der Waals surface area (Å²) in [5.74, 6) is 0.0787. The third kappa shape index (κ3) is 1.37. The molecule has 1 atom stereocenters. The van der Waals surface area contributed by atoms with Gasteiger partial charge in [0, 0.05) is 12.6 Å². The maximum Gasteiger partial charge on any atom is 0.243 e. The molecular formula is C6H7BrFNO. The van der Waals surface area contributed by atoms with Gasteiger partial charge in [-0.3, -0.25) is 0 Å². The fraction of sp³-hybridized carbons (Fsp3) is 0.500. The molecule has 0 amide bonds. The lowest BCUT2D eigenvalue weighted by molar-refractivity contribution is 0.294. The molecule has 0 aromatic carbocycles. The average Bonchev–Trinajstić information content (AvgIpc) is 1.87. The zero-order valence-corrected chi connectivity index (χ0v) is 7.06. The number of halogens is 2. The van der Waals surface area contributed by atoms with Crippen LogP contribution in [0.3, 0.4) is 0 Å². The largest absolute Gasteiger partial charge is 0.481 e. The lowest BCUT2D eigenvalue weighted by atomic mass is 10.2. The number of alkyl halides is 2. The maximum absolute atomic E-state index is 13.1. The van der Waals surface area contributed by atoms with Crippen LogP contribution in [0.25, 0.3) is 0 Å². The Labute approximate surface area is 66.9 Å². The minimum absolute atomic E-state index is 0.0787. The van der Waals surface area contributed by atoms with E-state index in [-0.39, 0.29) is 12.3 Å². The maximum atomic E-state index is 13.1. The highest BCUT2D eigenvalue weighted by Gasteiger charge is 2.34. The van der Waals surface area contributed by atoms with Crippen molar-refractivity contribution in [3.05, 3.63) is 12.3 Å². The summed E-state index contributed by atoms with van der Waals surface area (Å²) in [5, 5.41) is 0. The molecule has 0 aromatic rings. The van der Waals surface area contributed by atoms with Gasteiger partial charge in [0.15, 0.2) is 0 Å². The van der Waals surface area contributed by atoms with E-state index in [1.54, 1.807) is 6.08 Å². The first-order valence-corrected chi connectivity index (χ1v) is 3.61. The van der Waals surface area contributed by atoms with Gasteiger partial charge in [0.25, 0.3) is 0 Å². The van der Waals surface area contributed by atoms with Gasteiger partial charge >= 0.3 is 0 Å². The lowest BCUT2D eigenvalue weighted by Gasteiger charge is -2.19. The van der Waals surface area contributed by atoms with Gasteiger partial charge in [-0.05, 0) is 15.9 Å². The van der Waals surface area contributed by atoms with E-state index in [1.807, 2.05) is 0 Å². The summed E-state index contributed by atoms with van der Waals surface area (Å²) in [6.45, 7) is 0. The molecule has 1 unspecified atom stereocenters. The number of methoxy groups -OCH3 is 1. The van der Waals surface area contributed by atoms with E-state index in [1.165, 1.54) is 13.3 Å². The van der Waals surface area contributed by atoms with Crippen molar-refractivity contribution in [1.29, 1.82) is 0 Å². The summed E-state index contributed by atoms with van der Waals surface area (Å²) in [7, 11) is 1.40. The third-order valence-corrected chi connectivity index (χ3v) is 1.84. The van der Waals surface area contributed by atoms with Gasteiger partial charge in [0.1, 0.15) is 0 Å². The van der Waals surface area contributed by atoms with Crippen LogP contribution in [0.1, 0.15) is 6.42 Å². The Hall–Kier alpha value is -0.380. The molecule has 1 heterocycles. The van der Waals surface area contributed by atoms with E-state index in [0.29, 0.717) is 0 Å². The van der Waals surface area contributed by atoms with Gasteiger partial charge < -0.3 is 4.74 Å². The molecule has 0 aliphatic carbocycles. The number of hydrogen-bond donors (Lipinski definition) is 0. The number of allylic oxidation sites excluding steroid dienone is 1. The van der Waals surface area contributed by atoms with Crippen LogP contribution in [0.4, 0.5) is 4.39 Å². The Morgan fingerprint density at radius 1 is 1.90 bits per heavy atom. The van der Waals surface area contributed by atoms with Crippen molar-refractivity contribution in [2.45, 2.75) is 11.0 Å². The first-order chi connectivity index (χ1) is 4.67. The highest BCUT2D eigenvalue weighted by molar-refractivity contribution is 9.10. The lowest BCUT2D eigenvalue weighted by Crippen LogP contribution is -2.28. The Kier molecular flexibility index (Phi) is 2.08. The zero-order chi connectivity index (χ0) is 7.61. The Morgan fingerprint density at radius 2 is 2.60 bits per heavy atom. The monoisotopic (exact) mass is 207 g/mol. The van der Waals surface area contributed by atoms with Crippen LogP contribution in [-0.2, 0) is 4.74 Å². The zero-order valence-electron chi connectivity index (χ0n) is 5.47. The molecule has 2 nitrogen and oxygen atoms in total. The topological polar surface area (TPSA) is 21.6 Å². The minimum Gasteiger partial charge on any atom is -0.481 e. The SMILES string of the molecule is COC1=NC=CCC1(F)Br. The summed E-state index contributed by atoms with van der Waals surface area (Å²) in [6.07, 6.45) is 3.43. The molecule has 0 bridgehead atoms. The van der Waals surface area contributed by atoms with Gasteiger partial charge in [0.2, 0.25) is 10.5 Å². The molecule has 0 saturated heterocycles. The second kappa shape index (κ2) is 2.70. The first-order valence-electron chi connectivity index (χ1n) is 2.82. The van der Waals surface area contributed by atoms with E-state index < -0.39 is 4.58 Å². The summed E-state index contributed by atoms with van der Waals surface area (Å²) in [5.41, 5.74) is 0. The Morgan fingerprint density at radius 3 is 3.00 bits per heavy atom. The van der Waals surface area contributed by atoms with Crippen LogP contribution in [0.5, 0.6) is 0 Å². The van der Waals surface area contributed by atoms with Crippen molar-refractivity contribution in [2.24, 2.45) is 4.99 Å². The van der Waals surface area contributed by atoms with Gasteiger partial charge in [0.05, 0.1) is 7.11 Å². The van der Waals surface area contributed by atoms with E-state index >= 15 is 0 Å². The molecule has 56 valence electrons. The molecule has 0 aromatic heterocycles. The quantitative estimate of drug-likeness (QED) is 0.558. The smallest absolute Gasteiger partial charge is 0.243 e. The van der Waals surface area contributed by atoms with Crippen LogP contribution in [0.15, 0.2) is 17.3 Å². The van der Waals surface area contributed by atoms with Gasteiger partial charge in [-0.15, -0.1) is 0 Å². The van der Waals surface area contributed by atoms with Crippen molar-refractivity contribution >= 4 is 21.8 Å². The molecular weight excluding hydrogens is 201 g/mol. The average molecular weight is 208 g/mol. The van der Waals surface area contributed by atoms with E-state index in [4.69, 9.17) is 0 Å². The highest BCUT2D eigenvalue weighted by Crippen LogP contribution is 2.29. The molecule has 0 radical (unpaired) electrons. The molecule has 0 fully saturated rings. The highest BCUT2D eigenvalue weighted by atomic mass is 79.9. The van der Waals surface area contributed by atoms with Crippen LogP contribution in [0.2, 0.25) is 0 Å². The molecule has 0 saturated carbocycles. The van der Waals surface area contributed by atoms with Crippen LogP contribution in [0, 0.1) is 0 Å². The minimum atomic E-state index is -1.60. The molecule has 1 rings (SSSR count). The fourth-order valence-corrected chi connectivity index (χ4v) is 1.16. The third-order valence-electron chi connectivity index (χ3n) is 1.18. The fourth-order valence-electron chi connectivity index (χ4n) is 0.705. The van der Waals surface area contributed by atoms with Crippen molar-refractivity contribution in [2.75, 3.05) is 7.11 Å². The van der Waals surface area contributed by atoms with E-state index in [0.717, 1.165) is 0 Å². The molecule has 1 aliphatic rings. The summed E-state index contributed by atoms with van der Waals surface area (Å²) < 4.78 is 16.2. The summed E-state index contributed by atoms with van der Waals surface area (Å²) in [4.78, 5) is 3.69. The summed E-state index contributed by atoms with van der Waals surface area (Å²) >= 11 is 2.85. The standard InChI is InChI=1S/C6H7BrFNO/c1-10-5-6(7,8)3-2-4-9-5/h2,4H,3H2,1H3. The predicted molar refractivity (Wildman–Crippen MR) is 41.0 cm³/mol. The molecule has 4 heteroatoms. The van der Waals surface area contributed by atoms with Gasteiger partial charge in [-0.25, -0.2) is 9.38 Å². The number of aliphatic imine (C=N–C) groups is 1. The van der Waals surface area contributed by atoms with Crippen molar-refractivity contribution in [1.82, 2.24) is 0 Å².